The van der Waals surface area contributed by atoms with Crippen molar-refractivity contribution < 1.29 is 4.74 Å². The van der Waals surface area contributed by atoms with Gasteiger partial charge in [-0.05, 0) is 44.1 Å². The molecule has 1 aliphatic rings. The van der Waals surface area contributed by atoms with E-state index >= 15 is 0 Å². The zero-order chi connectivity index (χ0) is 20.8. The highest BCUT2D eigenvalue weighted by molar-refractivity contribution is 5.53. The average molecular weight is 400 g/mol. The van der Waals surface area contributed by atoms with Crippen LogP contribution in [0.15, 0.2) is 59.7 Å². The van der Waals surface area contributed by atoms with Crippen LogP contribution < -0.4 is 10.3 Å². The summed E-state index contributed by atoms with van der Waals surface area (Å²) in [5.74, 6) is 4.23. The largest absolute Gasteiger partial charge is 0.481 e. The van der Waals surface area contributed by atoms with Gasteiger partial charge in [0.1, 0.15) is 18.2 Å². The first-order chi connectivity index (χ1) is 14.7. The minimum Gasteiger partial charge on any atom is -0.481 e. The van der Waals surface area contributed by atoms with Gasteiger partial charge in [0.2, 0.25) is 0 Å². The van der Waals surface area contributed by atoms with Gasteiger partial charge < -0.3 is 9.72 Å². The molecule has 0 atom stereocenters. The molecule has 0 saturated carbocycles. The molecule has 1 fully saturated rings. The van der Waals surface area contributed by atoms with Crippen LogP contribution in [0.5, 0.6) is 5.75 Å². The minimum atomic E-state index is -0.117. The Hall–Kier alpha value is -3.43. The van der Waals surface area contributed by atoms with Crippen molar-refractivity contribution in [2.45, 2.75) is 25.3 Å². The minimum absolute atomic E-state index is 0.117. The van der Waals surface area contributed by atoms with Gasteiger partial charge in [0.05, 0.1) is 5.69 Å². The van der Waals surface area contributed by atoms with E-state index in [0.717, 1.165) is 55.0 Å². The van der Waals surface area contributed by atoms with E-state index in [2.05, 4.69) is 26.9 Å². The van der Waals surface area contributed by atoms with Crippen LogP contribution in [0, 0.1) is 12.3 Å². The van der Waals surface area contributed by atoms with Gasteiger partial charge >= 0.3 is 0 Å². The highest BCUT2D eigenvalue weighted by atomic mass is 16.5. The summed E-state index contributed by atoms with van der Waals surface area (Å²) in [6, 6.07) is 13.4. The van der Waals surface area contributed by atoms with Crippen LogP contribution in [0.3, 0.4) is 0 Å². The van der Waals surface area contributed by atoms with Crippen LogP contribution in [-0.4, -0.2) is 39.5 Å². The number of hydrogen-bond donors (Lipinski definition) is 1. The molecule has 6 heteroatoms. The predicted octanol–water partition coefficient (Wildman–Crippen LogP) is 3.22. The van der Waals surface area contributed by atoms with Crippen molar-refractivity contribution in [1.82, 2.24) is 19.9 Å². The number of hydrogen-bond acceptors (Lipinski definition) is 5. The molecule has 1 saturated heterocycles. The number of aromatic nitrogens is 3. The Morgan fingerprint density at radius 3 is 2.70 bits per heavy atom. The zero-order valence-electron chi connectivity index (χ0n) is 16.8. The number of para-hydroxylation sites is 1. The maximum absolute atomic E-state index is 12.2. The van der Waals surface area contributed by atoms with E-state index in [4.69, 9.17) is 16.1 Å². The molecule has 0 spiro atoms. The predicted molar refractivity (Wildman–Crippen MR) is 116 cm³/mol. The Balaban J connectivity index is 1.43. The van der Waals surface area contributed by atoms with E-state index in [1.54, 1.807) is 18.5 Å². The zero-order valence-corrected chi connectivity index (χ0v) is 16.8. The van der Waals surface area contributed by atoms with E-state index < -0.39 is 0 Å². The highest BCUT2D eigenvalue weighted by Gasteiger charge is 2.23. The molecule has 2 aromatic heterocycles. The van der Waals surface area contributed by atoms with Gasteiger partial charge in [-0.3, -0.25) is 14.7 Å². The number of rotatable bonds is 6. The molecule has 4 rings (SSSR count). The Labute approximate surface area is 176 Å². The lowest BCUT2D eigenvalue weighted by Crippen LogP contribution is -2.33. The van der Waals surface area contributed by atoms with Crippen LogP contribution in [0.4, 0.5) is 0 Å². The topological polar surface area (TPSA) is 71.1 Å². The van der Waals surface area contributed by atoms with E-state index in [1.807, 2.05) is 30.3 Å². The number of nitrogens with zero attached hydrogens (tertiary/aromatic N) is 3. The summed E-state index contributed by atoms with van der Waals surface area (Å²) in [6.45, 7) is 2.96. The van der Waals surface area contributed by atoms with Crippen LogP contribution in [0.2, 0.25) is 0 Å². The number of piperidine rings is 1. The molecular formula is C24H24N4O2. The van der Waals surface area contributed by atoms with Crippen molar-refractivity contribution in [1.29, 1.82) is 0 Å². The lowest BCUT2D eigenvalue weighted by Gasteiger charge is -2.32. The highest BCUT2D eigenvalue weighted by Crippen LogP contribution is 2.29. The summed E-state index contributed by atoms with van der Waals surface area (Å²) in [5.41, 5.74) is 2.75. The van der Waals surface area contributed by atoms with Gasteiger partial charge in [-0.25, -0.2) is 4.98 Å². The maximum Gasteiger partial charge on any atom is 0.251 e. The third-order valence-corrected chi connectivity index (χ3v) is 5.40. The summed E-state index contributed by atoms with van der Waals surface area (Å²) in [4.78, 5) is 26.2. The van der Waals surface area contributed by atoms with Crippen molar-refractivity contribution in [2.75, 3.05) is 19.7 Å². The van der Waals surface area contributed by atoms with Crippen LogP contribution in [0.25, 0.3) is 11.4 Å². The van der Waals surface area contributed by atoms with Crippen molar-refractivity contribution in [3.63, 3.8) is 0 Å². The average Bonchev–Trinajstić information content (AvgIpc) is 2.79. The quantitative estimate of drug-likeness (QED) is 0.644. The van der Waals surface area contributed by atoms with Gasteiger partial charge in [-0.1, -0.05) is 24.1 Å². The second-order valence-electron chi connectivity index (χ2n) is 7.41. The molecule has 0 radical (unpaired) electrons. The first-order valence-corrected chi connectivity index (χ1v) is 10.1. The number of H-pyrrole nitrogens is 1. The summed E-state index contributed by atoms with van der Waals surface area (Å²) in [5, 5.41) is 0. The molecule has 0 aliphatic carbocycles. The Morgan fingerprint density at radius 1 is 1.17 bits per heavy atom. The Morgan fingerprint density at radius 2 is 1.93 bits per heavy atom. The lowest BCUT2D eigenvalue weighted by molar-refractivity contribution is 0.200. The van der Waals surface area contributed by atoms with E-state index in [-0.39, 0.29) is 18.1 Å². The third-order valence-electron chi connectivity index (χ3n) is 5.40. The molecule has 0 amide bonds. The smallest absolute Gasteiger partial charge is 0.251 e. The van der Waals surface area contributed by atoms with Crippen molar-refractivity contribution in [3.05, 3.63) is 76.5 Å². The fraction of sp³-hybridized carbons (Fsp3) is 0.292. The SMILES string of the molecule is C#CCOc1ccccc1CN1CCC(c2cc(=O)[nH]c(-c3ccncc3)n2)CC1. The fourth-order valence-electron chi connectivity index (χ4n) is 3.85. The number of pyridine rings is 1. The number of benzene rings is 1. The number of aromatic amines is 1. The molecule has 1 aliphatic heterocycles. The van der Waals surface area contributed by atoms with Crippen molar-refractivity contribution in [3.8, 4) is 29.5 Å². The molecule has 0 bridgehead atoms. The Bertz CT molecular complexity index is 1080. The van der Waals surface area contributed by atoms with Gasteiger partial charge in [-0.15, -0.1) is 6.42 Å². The van der Waals surface area contributed by atoms with E-state index in [0.29, 0.717) is 5.82 Å². The molecule has 3 heterocycles. The lowest BCUT2D eigenvalue weighted by atomic mass is 9.93. The van der Waals surface area contributed by atoms with E-state index in [9.17, 15) is 4.79 Å². The third kappa shape index (κ3) is 4.76. The van der Waals surface area contributed by atoms with Crippen LogP contribution >= 0.6 is 0 Å². The summed E-state index contributed by atoms with van der Waals surface area (Å²) >= 11 is 0. The number of ether oxygens (including phenoxy) is 1. The second kappa shape index (κ2) is 9.38. The van der Waals surface area contributed by atoms with Gasteiger partial charge in [0.25, 0.3) is 5.56 Å². The van der Waals surface area contributed by atoms with Crippen molar-refractivity contribution >= 4 is 0 Å². The van der Waals surface area contributed by atoms with Gasteiger partial charge in [0.15, 0.2) is 0 Å². The molecule has 30 heavy (non-hydrogen) atoms. The number of nitrogens with one attached hydrogen (secondary N) is 1. The first-order valence-electron chi connectivity index (χ1n) is 10.1. The second-order valence-corrected chi connectivity index (χ2v) is 7.41. The van der Waals surface area contributed by atoms with Crippen molar-refractivity contribution in [2.24, 2.45) is 0 Å². The molecule has 1 N–H and O–H groups in total. The summed E-state index contributed by atoms with van der Waals surface area (Å²) in [6.07, 6.45) is 10.6. The fourth-order valence-corrected chi connectivity index (χ4v) is 3.85. The normalized spacial score (nSPS) is 14.9. The molecule has 6 nitrogen and oxygen atoms in total. The molecule has 0 unspecified atom stereocenters. The molecular weight excluding hydrogens is 376 g/mol. The van der Waals surface area contributed by atoms with Gasteiger partial charge in [0, 0.05) is 42.0 Å². The summed E-state index contributed by atoms with van der Waals surface area (Å²) in [7, 11) is 0. The standard InChI is InChI=1S/C24H24N4O2/c1-2-15-30-22-6-4-3-5-20(22)17-28-13-9-18(10-14-28)21-16-23(29)27-24(26-21)19-7-11-25-12-8-19/h1,3-8,11-12,16,18H,9-10,13-15,17H2,(H,26,27,29). The van der Waals surface area contributed by atoms with E-state index in [1.165, 1.54) is 0 Å². The molecule has 3 aromatic rings. The van der Waals surface area contributed by atoms with Crippen LogP contribution in [0.1, 0.15) is 30.0 Å². The first kappa shape index (κ1) is 19.9. The molecule has 1 aromatic carbocycles. The summed E-state index contributed by atoms with van der Waals surface area (Å²) < 4.78 is 5.67. The number of terminal acetylenes is 1. The Kier molecular flexibility index (Phi) is 6.21. The van der Waals surface area contributed by atoms with Gasteiger partial charge in [-0.2, -0.15) is 0 Å². The number of likely N-dealkylation sites (tertiary alicyclic amines) is 1. The monoisotopic (exact) mass is 400 g/mol. The maximum atomic E-state index is 12.2. The molecule has 152 valence electrons. The van der Waals surface area contributed by atoms with Crippen LogP contribution in [-0.2, 0) is 6.54 Å².